The van der Waals surface area contributed by atoms with Crippen LogP contribution in [0, 0.1) is 10.1 Å². The Labute approximate surface area is 144 Å². The number of fused-ring (bicyclic) bond motifs is 1. The van der Waals surface area contributed by atoms with Crippen molar-refractivity contribution in [1.82, 2.24) is 9.38 Å². The minimum absolute atomic E-state index is 0.00323. The Morgan fingerprint density at radius 2 is 1.92 bits per heavy atom. The summed E-state index contributed by atoms with van der Waals surface area (Å²) in [5, 5.41) is 11.7. The maximum atomic E-state index is 11.7. The van der Waals surface area contributed by atoms with Gasteiger partial charge in [0, 0.05) is 12.6 Å². The molecule has 0 aliphatic carbocycles. The van der Waals surface area contributed by atoms with E-state index in [9.17, 15) is 10.1 Å². The first kappa shape index (κ1) is 15.6. The monoisotopic (exact) mass is 338 g/mol. The van der Waals surface area contributed by atoms with E-state index in [1.54, 1.807) is 18.3 Å². The van der Waals surface area contributed by atoms with Crippen molar-refractivity contribution in [2.75, 3.05) is 18.0 Å². The lowest BCUT2D eigenvalue weighted by molar-refractivity contribution is -0.389. The van der Waals surface area contributed by atoms with Gasteiger partial charge >= 0.3 is 5.82 Å². The van der Waals surface area contributed by atoms with Crippen LogP contribution in [0.4, 0.5) is 11.6 Å². The second-order valence-corrected chi connectivity index (χ2v) is 6.20. The van der Waals surface area contributed by atoms with Crippen LogP contribution in [-0.4, -0.2) is 33.5 Å². The number of nitrogens with zero attached hydrogens (tertiary/aromatic N) is 4. The van der Waals surface area contributed by atoms with Crippen LogP contribution in [0.2, 0.25) is 0 Å². The summed E-state index contributed by atoms with van der Waals surface area (Å²) in [5.74, 6) is 0.392. The minimum Gasteiger partial charge on any atom is -0.367 e. The maximum Gasteiger partial charge on any atom is 0.372 e. The van der Waals surface area contributed by atoms with Crippen LogP contribution in [0.5, 0.6) is 0 Å². The highest BCUT2D eigenvalue weighted by Gasteiger charge is 2.33. The molecule has 3 heterocycles. The summed E-state index contributed by atoms with van der Waals surface area (Å²) >= 11 is 0. The van der Waals surface area contributed by atoms with Crippen molar-refractivity contribution in [3.8, 4) is 0 Å². The first-order chi connectivity index (χ1) is 12.1. The maximum absolute atomic E-state index is 11.7. The molecule has 25 heavy (non-hydrogen) atoms. The first-order valence-electron chi connectivity index (χ1n) is 8.20. The van der Waals surface area contributed by atoms with Crippen molar-refractivity contribution in [2.24, 2.45) is 0 Å². The summed E-state index contributed by atoms with van der Waals surface area (Å²) in [4.78, 5) is 17.8. The Kier molecular flexibility index (Phi) is 3.85. The molecule has 0 spiro atoms. The van der Waals surface area contributed by atoms with Crippen molar-refractivity contribution in [3.05, 3.63) is 70.4 Å². The van der Waals surface area contributed by atoms with Crippen molar-refractivity contribution >= 4 is 17.3 Å². The number of rotatable bonds is 3. The van der Waals surface area contributed by atoms with E-state index in [1.807, 2.05) is 48.2 Å². The molecule has 1 fully saturated rings. The van der Waals surface area contributed by atoms with Crippen molar-refractivity contribution < 1.29 is 9.66 Å². The molecule has 0 saturated carbocycles. The molecule has 0 radical (unpaired) electrons. The molecule has 2 atom stereocenters. The molecule has 1 aromatic carbocycles. The van der Waals surface area contributed by atoms with Crippen LogP contribution in [0.25, 0.3) is 5.65 Å². The van der Waals surface area contributed by atoms with E-state index in [0.29, 0.717) is 24.6 Å². The number of hydrogen-bond acceptors (Lipinski definition) is 5. The van der Waals surface area contributed by atoms with Crippen LogP contribution < -0.4 is 4.90 Å². The van der Waals surface area contributed by atoms with E-state index in [4.69, 9.17) is 4.74 Å². The molecule has 3 aromatic rings. The van der Waals surface area contributed by atoms with Gasteiger partial charge in [0.1, 0.15) is 6.10 Å². The molecular weight excluding hydrogens is 320 g/mol. The van der Waals surface area contributed by atoms with E-state index >= 15 is 0 Å². The van der Waals surface area contributed by atoms with E-state index < -0.39 is 0 Å². The van der Waals surface area contributed by atoms with Gasteiger partial charge in [-0.1, -0.05) is 36.4 Å². The number of morpholine rings is 1. The molecule has 4 rings (SSSR count). The van der Waals surface area contributed by atoms with Crippen LogP contribution in [0.1, 0.15) is 18.6 Å². The molecule has 7 nitrogen and oxygen atoms in total. The third-order valence-corrected chi connectivity index (χ3v) is 4.39. The zero-order valence-corrected chi connectivity index (χ0v) is 13.8. The Hall–Kier alpha value is -2.93. The second-order valence-electron chi connectivity index (χ2n) is 6.20. The third kappa shape index (κ3) is 2.83. The molecule has 2 aromatic heterocycles. The largest absolute Gasteiger partial charge is 0.372 e. The number of ether oxygens (including phenoxy) is 1. The number of imidazole rings is 1. The molecule has 7 heteroatoms. The fourth-order valence-electron chi connectivity index (χ4n) is 3.33. The zero-order valence-electron chi connectivity index (χ0n) is 13.8. The van der Waals surface area contributed by atoms with E-state index in [2.05, 4.69) is 4.98 Å². The van der Waals surface area contributed by atoms with Crippen molar-refractivity contribution in [1.29, 1.82) is 0 Å². The van der Waals surface area contributed by atoms with E-state index in [0.717, 1.165) is 5.56 Å². The zero-order chi connectivity index (χ0) is 17.4. The molecule has 0 unspecified atom stereocenters. The highest BCUT2D eigenvalue weighted by Crippen LogP contribution is 2.34. The Morgan fingerprint density at radius 1 is 1.16 bits per heavy atom. The molecular formula is C18H18N4O3. The van der Waals surface area contributed by atoms with Crippen LogP contribution in [-0.2, 0) is 4.74 Å². The summed E-state index contributed by atoms with van der Waals surface area (Å²) < 4.78 is 7.57. The average molecular weight is 338 g/mol. The lowest BCUT2D eigenvalue weighted by Gasteiger charge is -2.36. The fraction of sp³-hybridized carbons (Fsp3) is 0.278. The van der Waals surface area contributed by atoms with Gasteiger partial charge in [-0.2, -0.15) is 9.38 Å². The van der Waals surface area contributed by atoms with Gasteiger partial charge in [0.2, 0.25) is 11.5 Å². The number of hydrogen-bond donors (Lipinski definition) is 0. The SMILES string of the molecule is C[C@@H]1CN(c2nc3ccccn3c2[N+](=O)[O-])C[C@H](c2ccccc2)O1. The van der Waals surface area contributed by atoms with Gasteiger partial charge in [-0.05, 0) is 23.5 Å². The molecule has 0 bridgehead atoms. The van der Waals surface area contributed by atoms with Crippen LogP contribution in [0.15, 0.2) is 54.7 Å². The van der Waals surface area contributed by atoms with E-state index in [1.165, 1.54) is 4.40 Å². The number of anilines is 1. The van der Waals surface area contributed by atoms with Gasteiger partial charge in [-0.3, -0.25) is 0 Å². The highest BCUT2D eigenvalue weighted by molar-refractivity contribution is 5.64. The summed E-state index contributed by atoms with van der Waals surface area (Å²) in [6.07, 6.45) is 1.47. The Balaban J connectivity index is 1.75. The minimum atomic E-state index is -0.368. The second kappa shape index (κ2) is 6.18. The van der Waals surface area contributed by atoms with Crippen LogP contribution >= 0.6 is 0 Å². The van der Waals surface area contributed by atoms with Gasteiger partial charge < -0.3 is 19.8 Å². The van der Waals surface area contributed by atoms with Gasteiger partial charge in [-0.25, -0.2) is 0 Å². The average Bonchev–Trinajstić information content (AvgIpc) is 3.02. The van der Waals surface area contributed by atoms with Crippen molar-refractivity contribution in [3.63, 3.8) is 0 Å². The molecule has 0 N–H and O–H groups in total. The van der Waals surface area contributed by atoms with Crippen LogP contribution in [0.3, 0.4) is 0 Å². The molecule has 1 aliphatic rings. The number of aromatic nitrogens is 2. The lowest BCUT2D eigenvalue weighted by atomic mass is 10.1. The predicted octanol–water partition coefficient (Wildman–Crippen LogP) is 3.21. The topological polar surface area (TPSA) is 72.9 Å². The highest BCUT2D eigenvalue weighted by atomic mass is 16.6. The van der Waals surface area contributed by atoms with E-state index in [-0.39, 0.29) is 22.9 Å². The molecule has 0 amide bonds. The summed E-state index contributed by atoms with van der Waals surface area (Å²) in [5.41, 5.74) is 1.63. The summed E-state index contributed by atoms with van der Waals surface area (Å²) in [6, 6.07) is 15.3. The summed E-state index contributed by atoms with van der Waals surface area (Å²) in [7, 11) is 0. The molecule has 128 valence electrons. The Morgan fingerprint density at radius 3 is 2.68 bits per heavy atom. The standard InChI is InChI=1S/C18H18N4O3/c1-13-11-20(12-15(25-13)14-7-3-2-4-8-14)17-18(22(23)24)21-10-6-5-9-16(21)19-17/h2-10,13,15H,11-12H2,1H3/t13-,15-/m1/s1. The summed E-state index contributed by atoms with van der Waals surface area (Å²) in [6.45, 7) is 3.07. The van der Waals surface area contributed by atoms with Gasteiger partial charge in [0.05, 0.1) is 18.8 Å². The number of nitro groups is 1. The smallest absolute Gasteiger partial charge is 0.367 e. The van der Waals surface area contributed by atoms with Crippen molar-refractivity contribution in [2.45, 2.75) is 19.1 Å². The Bertz CT molecular complexity index is 909. The van der Waals surface area contributed by atoms with Gasteiger partial charge in [-0.15, -0.1) is 0 Å². The lowest BCUT2D eigenvalue weighted by Crippen LogP contribution is -2.43. The first-order valence-corrected chi connectivity index (χ1v) is 8.20. The predicted molar refractivity (Wildman–Crippen MR) is 93.8 cm³/mol. The normalized spacial score (nSPS) is 20.8. The number of pyridine rings is 1. The van der Waals surface area contributed by atoms with Gasteiger partial charge in [0.15, 0.2) is 0 Å². The fourth-order valence-corrected chi connectivity index (χ4v) is 3.33. The quantitative estimate of drug-likeness (QED) is 0.541. The third-order valence-electron chi connectivity index (χ3n) is 4.39. The molecule has 1 aliphatic heterocycles. The molecule has 1 saturated heterocycles. The van der Waals surface area contributed by atoms with Gasteiger partial charge in [0.25, 0.3) is 0 Å². The number of benzene rings is 1.